The third kappa shape index (κ3) is 5.21. The molecule has 1 aliphatic carbocycles. The average Bonchev–Trinajstić information content (AvgIpc) is 2.42. The second-order valence-corrected chi connectivity index (χ2v) is 5.96. The number of benzene rings is 1. The van der Waals surface area contributed by atoms with Gasteiger partial charge in [0, 0.05) is 23.1 Å². The molecule has 2 nitrogen and oxygen atoms in total. The van der Waals surface area contributed by atoms with Gasteiger partial charge in [-0.3, -0.25) is 0 Å². The van der Waals surface area contributed by atoms with E-state index in [1.165, 1.54) is 38.2 Å². The molecule has 1 aliphatic rings. The summed E-state index contributed by atoms with van der Waals surface area (Å²) in [7, 11) is 0. The second-order valence-electron chi connectivity index (χ2n) is 5.04. The van der Waals surface area contributed by atoms with Crippen molar-refractivity contribution >= 4 is 15.9 Å². The number of rotatable bonds is 6. The molecule has 19 heavy (non-hydrogen) atoms. The molecule has 0 radical (unpaired) electrons. The Bertz CT molecular complexity index is 394. The third-order valence-corrected chi connectivity index (χ3v) is 4.01. The first-order valence-electron chi connectivity index (χ1n) is 7.02. The molecule has 0 bridgehead atoms. The van der Waals surface area contributed by atoms with Crippen molar-refractivity contribution in [2.24, 2.45) is 0 Å². The van der Waals surface area contributed by atoms with E-state index >= 15 is 0 Å². The number of hydrogen-bond acceptors (Lipinski definition) is 2. The lowest BCUT2D eigenvalue weighted by Gasteiger charge is -2.22. The molecule has 4 heteroatoms. The van der Waals surface area contributed by atoms with E-state index in [1.54, 1.807) is 6.07 Å². The highest BCUT2D eigenvalue weighted by atomic mass is 79.9. The minimum atomic E-state index is -0.171. The average molecular weight is 330 g/mol. The van der Waals surface area contributed by atoms with E-state index < -0.39 is 0 Å². The van der Waals surface area contributed by atoms with Gasteiger partial charge in [0.15, 0.2) is 0 Å². The fourth-order valence-corrected chi connectivity index (χ4v) is 2.75. The minimum Gasteiger partial charge on any atom is -0.377 e. The van der Waals surface area contributed by atoms with Gasteiger partial charge in [-0.1, -0.05) is 41.3 Å². The molecule has 0 spiro atoms. The number of nitrogens with one attached hydrogen (secondary N) is 1. The van der Waals surface area contributed by atoms with Crippen LogP contribution in [0.4, 0.5) is 4.39 Å². The zero-order valence-corrected chi connectivity index (χ0v) is 12.7. The van der Waals surface area contributed by atoms with Crippen LogP contribution in [0.1, 0.15) is 37.7 Å². The van der Waals surface area contributed by atoms with Crippen LogP contribution in [-0.4, -0.2) is 19.3 Å². The monoisotopic (exact) mass is 329 g/mol. The van der Waals surface area contributed by atoms with Crippen molar-refractivity contribution < 1.29 is 9.13 Å². The maximum Gasteiger partial charge on any atom is 0.128 e. The molecule has 0 saturated heterocycles. The first kappa shape index (κ1) is 14.9. The van der Waals surface area contributed by atoms with Gasteiger partial charge in [-0.15, -0.1) is 0 Å². The Morgan fingerprint density at radius 3 is 2.79 bits per heavy atom. The highest BCUT2D eigenvalue weighted by molar-refractivity contribution is 9.10. The molecule has 0 unspecified atom stereocenters. The summed E-state index contributed by atoms with van der Waals surface area (Å²) in [5.74, 6) is -0.171. The summed E-state index contributed by atoms with van der Waals surface area (Å²) in [6.07, 6.45) is 6.77. The molecule has 1 aromatic carbocycles. The summed E-state index contributed by atoms with van der Waals surface area (Å²) in [6.45, 7) is 2.03. The van der Waals surface area contributed by atoms with Crippen LogP contribution in [0.5, 0.6) is 0 Å². The predicted octanol–water partition coefficient (Wildman–Crippen LogP) is 4.03. The SMILES string of the molecule is Fc1cc(Br)ccc1CNCCOC1CCCCC1. The van der Waals surface area contributed by atoms with Gasteiger partial charge >= 0.3 is 0 Å². The summed E-state index contributed by atoms with van der Waals surface area (Å²) in [6, 6.07) is 5.16. The summed E-state index contributed by atoms with van der Waals surface area (Å²) in [5, 5.41) is 3.22. The molecule has 1 saturated carbocycles. The molecule has 0 atom stereocenters. The van der Waals surface area contributed by atoms with E-state index in [9.17, 15) is 4.39 Å². The maximum absolute atomic E-state index is 13.5. The lowest BCUT2D eigenvalue weighted by molar-refractivity contribution is 0.0302. The van der Waals surface area contributed by atoms with E-state index in [2.05, 4.69) is 21.2 Å². The molecule has 0 aliphatic heterocycles. The molecule has 1 aromatic rings. The van der Waals surface area contributed by atoms with Gasteiger partial charge < -0.3 is 10.1 Å². The van der Waals surface area contributed by atoms with Gasteiger partial charge in [-0.25, -0.2) is 4.39 Å². The molecule has 1 N–H and O–H groups in total. The number of ether oxygens (including phenoxy) is 1. The van der Waals surface area contributed by atoms with Crippen molar-refractivity contribution in [3.8, 4) is 0 Å². The fraction of sp³-hybridized carbons (Fsp3) is 0.600. The van der Waals surface area contributed by atoms with Crippen molar-refractivity contribution in [3.05, 3.63) is 34.1 Å². The number of hydrogen-bond donors (Lipinski definition) is 1. The van der Waals surface area contributed by atoms with Crippen molar-refractivity contribution in [1.29, 1.82) is 0 Å². The third-order valence-electron chi connectivity index (χ3n) is 3.52. The Labute approximate surface area is 122 Å². The zero-order valence-electron chi connectivity index (χ0n) is 11.1. The van der Waals surface area contributed by atoms with E-state index in [1.807, 2.05) is 6.07 Å². The smallest absolute Gasteiger partial charge is 0.128 e. The summed E-state index contributed by atoms with van der Waals surface area (Å²) < 4.78 is 20.1. The maximum atomic E-state index is 13.5. The van der Waals surface area contributed by atoms with Gasteiger partial charge in [0.05, 0.1) is 12.7 Å². The fourth-order valence-electron chi connectivity index (χ4n) is 2.42. The largest absolute Gasteiger partial charge is 0.377 e. The molecule has 106 valence electrons. The number of halogens is 2. The summed E-state index contributed by atoms with van der Waals surface area (Å²) >= 11 is 3.25. The minimum absolute atomic E-state index is 0.171. The lowest BCUT2D eigenvalue weighted by Crippen LogP contribution is -2.24. The Kier molecular flexibility index (Phi) is 6.28. The van der Waals surface area contributed by atoms with Gasteiger partial charge in [-0.2, -0.15) is 0 Å². The van der Waals surface area contributed by atoms with E-state index in [0.717, 1.165) is 11.0 Å². The van der Waals surface area contributed by atoms with Crippen LogP contribution >= 0.6 is 15.9 Å². The first-order chi connectivity index (χ1) is 9.25. The standard InChI is InChI=1S/C15H21BrFNO/c16-13-7-6-12(15(17)10-13)11-18-8-9-19-14-4-2-1-3-5-14/h6-7,10,14,18H,1-5,8-9,11H2. The van der Waals surface area contributed by atoms with Crippen molar-refractivity contribution in [2.75, 3.05) is 13.2 Å². The highest BCUT2D eigenvalue weighted by Gasteiger charge is 2.12. The topological polar surface area (TPSA) is 21.3 Å². The summed E-state index contributed by atoms with van der Waals surface area (Å²) in [5.41, 5.74) is 0.695. The van der Waals surface area contributed by atoms with Crippen LogP contribution in [-0.2, 0) is 11.3 Å². The van der Waals surface area contributed by atoms with Crippen LogP contribution in [0.2, 0.25) is 0 Å². The van der Waals surface area contributed by atoms with Crippen LogP contribution in [0.25, 0.3) is 0 Å². The molecule has 1 fully saturated rings. The molecule has 0 heterocycles. The second kappa shape index (κ2) is 7.98. The summed E-state index contributed by atoms with van der Waals surface area (Å²) in [4.78, 5) is 0. The Morgan fingerprint density at radius 1 is 1.26 bits per heavy atom. The normalized spacial score (nSPS) is 16.7. The Morgan fingerprint density at radius 2 is 2.05 bits per heavy atom. The van der Waals surface area contributed by atoms with Gasteiger partial charge in [0.2, 0.25) is 0 Å². The Hall–Kier alpha value is -0.450. The van der Waals surface area contributed by atoms with Crippen LogP contribution in [0, 0.1) is 5.82 Å². The van der Waals surface area contributed by atoms with Crippen molar-refractivity contribution in [1.82, 2.24) is 5.32 Å². The van der Waals surface area contributed by atoms with Gasteiger partial charge in [0.1, 0.15) is 5.82 Å². The molecular weight excluding hydrogens is 309 g/mol. The zero-order chi connectivity index (χ0) is 13.5. The molecule has 0 amide bonds. The van der Waals surface area contributed by atoms with E-state index in [-0.39, 0.29) is 5.82 Å². The van der Waals surface area contributed by atoms with Crippen molar-refractivity contribution in [3.63, 3.8) is 0 Å². The lowest BCUT2D eigenvalue weighted by atomic mass is 9.98. The van der Waals surface area contributed by atoms with Crippen molar-refractivity contribution in [2.45, 2.75) is 44.8 Å². The quantitative estimate of drug-likeness (QED) is 0.795. The van der Waals surface area contributed by atoms with Crippen LogP contribution in [0.15, 0.2) is 22.7 Å². The predicted molar refractivity (Wildman–Crippen MR) is 78.6 cm³/mol. The van der Waals surface area contributed by atoms with Gasteiger partial charge in [0.25, 0.3) is 0 Å². The Balaban J connectivity index is 1.61. The first-order valence-corrected chi connectivity index (χ1v) is 7.81. The van der Waals surface area contributed by atoms with Gasteiger partial charge in [-0.05, 0) is 25.0 Å². The van der Waals surface area contributed by atoms with Crippen LogP contribution < -0.4 is 5.32 Å². The van der Waals surface area contributed by atoms with Crippen LogP contribution in [0.3, 0.4) is 0 Å². The highest BCUT2D eigenvalue weighted by Crippen LogP contribution is 2.20. The molecule has 0 aromatic heterocycles. The molecular formula is C15H21BrFNO. The van der Waals surface area contributed by atoms with E-state index in [0.29, 0.717) is 24.8 Å². The molecule has 2 rings (SSSR count). The van der Waals surface area contributed by atoms with E-state index in [4.69, 9.17) is 4.74 Å².